The number of benzene rings is 1. The number of rotatable bonds is 6. The predicted molar refractivity (Wildman–Crippen MR) is 122 cm³/mol. The molecule has 164 valence electrons. The lowest BCUT2D eigenvalue weighted by atomic mass is 10.2. The van der Waals surface area contributed by atoms with E-state index in [0.29, 0.717) is 35.5 Å². The van der Waals surface area contributed by atoms with Crippen LogP contribution in [-0.2, 0) is 6.54 Å². The van der Waals surface area contributed by atoms with Crippen molar-refractivity contribution in [3.63, 3.8) is 0 Å². The van der Waals surface area contributed by atoms with E-state index in [1.54, 1.807) is 25.4 Å². The van der Waals surface area contributed by atoms with Gasteiger partial charge in [0.1, 0.15) is 5.75 Å². The van der Waals surface area contributed by atoms with E-state index < -0.39 is 6.61 Å². The van der Waals surface area contributed by atoms with Crippen LogP contribution in [0.4, 0.5) is 19.0 Å². The summed E-state index contributed by atoms with van der Waals surface area (Å²) >= 11 is 5.97. The first-order chi connectivity index (χ1) is 14.0. The molecule has 2 heterocycles. The molecule has 1 atom stereocenters. The third kappa shape index (κ3) is 6.53. The van der Waals surface area contributed by atoms with Crippen LogP contribution < -0.4 is 20.3 Å². The molecule has 0 radical (unpaired) electrons. The molecule has 30 heavy (non-hydrogen) atoms. The monoisotopic (exact) mass is 555 g/mol. The molecule has 2 N–H and O–H groups in total. The largest absolute Gasteiger partial charge is 0.434 e. The summed E-state index contributed by atoms with van der Waals surface area (Å²) in [5, 5.41) is 6.73. The second kappa shape index (κ2) is 11.4. The van der Waals surface area contributed by atoms with Gasteiger partial charge in [0.2, 0.25) is 0 Å². The van der Waals surface area contributed by atoms with E-state index in [1.165, 1.54) is 18.2 Å². The Hall–Kier alpha value is -1.95. The van der Waals surface area contributed by atoms with Gasteiger partial charge in [0, 0.05) is 49.5 Å². The summed E-state index contributed by atoms with van der Waals surface area (Å²) in [6, 6.07) is 7.41. The zero-order chi connectivity index (χ0) is 20.8. The van der Waals surface area contributed by atoms with Gasteiger partial charge < -0.3 is 20.3 Å². The van der Waals surface area contributed by atoms with Crippen molar-refractivity contribution in [1.29, 1.82) is 0 Å². The normalized spacial score (nSPS) is 16.4. The van der Waals surface area contributed by atoms with Crippen molar-refractivity contribution in [2.24, 2.45) is 4.99 Å². The first-order valence-corrected chi connectivity index (χ1v) is 9.40. The molecule has 6 nitrogen and oxygen atoms in total. The van der Waals surface area contributed by atoms with Crippen LogP contribution in [0.25, 0.3) is 0 Å². The van der Waals surface area contributed by atoms with Gasteiger partial charge in [-0.25, -0.2) is 9.37 Å². The van der Waals surface area contributed by atoms with Gasteiger partial charge in [-0.05, 0) is 36.8 Å². The van der Waals surface area contributed by atoms with Crippen LogP contribution in [-0.4, -0.2) is 43.7 Å². The summed E-state index contributed by atoms with van der Waals surface area (Å²) in [5.41, 5.74) is 0.476. The third-order valence-electron chi connectivity index (χ3n) is 4.48. The number of aliphatic imine (C=N–C) groups is 1. The quantitative estimate of drug-likeness (QED) is 0.320. The lowest BCUT2D eigenvalue weighted by Gasteiger charge is -2.20. The maximum absolute atomic E-state index is 13.9. The number of nitrogens with zero attached hydrogens (tertiary/aromatic N) is 3. The summed E-state index contributed by atoms with van der Waals surface area (Å²) in [5.74, 6) is 0.502. The van der Waals surface area contributed by atoms with Crippen molar-refractivity contribution in [3.8, 4) is 5.75 Å². The maximum atomic E-state index is 13.9. The lowest BCUT2D eigenvalue weighted by molar-refractivity contribution is -0.0504. The molecule has 3 rings (SSSR count). The number of guanidine groups is 1. The van der Waals surface area contributed by atoms with Crippen molar-refractivity contribution in [2.45, 2.75) is 25.6 Å². The minimum atomic E-state index is -2.93. The number of aromatic nitrogens is 1. The Bertz CT molecular complexity index is 874. The van der Waals surface area contributed by atoms with Gasteiger partial charge in [-0.1, -0.05) is 11.6 Å². The Morgan fingerprint density at radius 2 is 2.20 bits per heavy atom. The molecule has 1 aromatic heterocycles. The summed E-state index contributed by atoms with van der Waals surface area (Å²) in [6.07, 6.45) is 2.33. The molecule has 0 bridgehead atoms. The summed E-state index contributed by atoms with van der Waals surface area (Å²) < 4.78 is 43.6. The van der Waals surface area contributed by atoms with Crippen LogP contribution in [0.2, 0.25) is 5.02 Å². The number of pyridine rings is 1. The summed E-state index contributed by atoms with van der Waals surface area (Å²) in [4.78, 5) is 10.1. The van der Waals surface area contributed by atoms with Crippen molar-refractivity contribution < 1.29 is 17.9 Å². The summed E-state index contributed by atoms with van der Waals surface area (Å²) in [6.45, 7) is -1.52. The van der Waals surface area contributed by atoms with E-state index in [0.717, 1.165) is 6.42 Å². The Balaban J connectivity index is 0.00000320. The average molecular weight is 556 g/mol. The third-order valence-corrected chi connectivity index (χ3v) is 4.71. The van der Waals surface area contributed by atoms with Crippen LogP contribution >= 0.6 is 35.6 Å². The number of alkyl halides is 2. The van der Waals surface area contributed by atoms with Gasteiger partial charge in [0.25, 0.3) is 0 Å². The number of nitrogens with one attached hydrogen (secondary N) is 2. The second-order valence-electron chi connectivity index (χ2n) is 6.44. The molecule has 0 aliphatic carbocycles. The smallest absolute Gasteiger partial charge is 0.387 e. The zero-order valence-electron chi connectivity index (χ0n) is 16.1. The molecule has 0 saturated carbocycles. The fourth-order valence-electron chi connectivity index (χ4n) is 3.14. The van der Waals surface area contributed by atoms with Crippen LogP contribution in [0.1, 0.15) is 12.0 Å². The van der Waals surface area contributed by atoms with Gasteiger partial charge in [-0.3, -0.25) is 4.99 Å². The van der Waals surface area contributed by atoms with E-state index >= 15 is 0 Å². The van der Waals surface area contributed by atoms with Crippen molar-refractivity contribution in [1.82, 2.24) is 15.6 Å². The van der Waals surface area contributed by atoms with Crippen molar-refractivity contribution in [3.05, 3.63) is 52.9 Å². The molecule has 1 aliphatic heterocycles. The van der Waals surface area contributed by atoms with E-state index in [2.05, 4.69) is 25.3 Å². The molecule has 1 aromatic carbocycles. The van der Waals surface area contributed by atoms with E-state index in [-0.39, 0.29) is 48.1 Å². The number of anilines is 1. The molecule has 11 heteroatoms. The highest BCUT2D eigenvalue weighted by molar-refractivity contribution is 14.0. The molecular formula is C19H22ClF3IN5O. The SMILES string of the molecule is CN=C(NCc1cc(Cl)ccc1OC(F)F)NC1CCN(c2ncccc2F)C1.I. The molecule has 1 unspecified atom stereocenters. The van der Waals surface area contributed by atoms with Crippen molar-refractivity contribution in [2.75, 3.05) is 25.0 Å². The van der Waals surface area contributed by atoms with Crippen LogP contribution in [0, 0.1) is 5.82 Å². The van der Waals surface area contributed by atoms with E-state index in [4.69, 9.17) is 11.6 Å². The maximum Gasteiger partial charge on any atom is 0.387 e. The average Bonchev–Trinajstić information content (AvgIpc) is 3.15. The molecule has 1 fully saturated rings. The Morgan fingerprint density at radius 3 is 2.90 bits per heavy atom. The highest BCUT2D eigenvalue weighted by Crippen LogP contribution is 2.24. The number of ether oxygens (including phenoxy) is 1. The van der Waals surface area contributed by atoms with Crippen molar-refractivity contribution >= 4 is 47.4 Å². The van der Waals surface area contributed by atoms with Crippen LogP contribution in [0.3, 0.4) is 0 Å². The van der Waals surface area contributed by atoms with Gasteiger partial charge in [0.15, 0.2) is 17.6 Å². The molecule has 2 aromatic rings. The predicted octanol–water partition coefficient (Wildman–Crippen LogP) is 4.04. The Labute approximate surface area is 194 Å². The molecule has 1 saturated heterocycles. The highest BCUT2D eigenvalue weighted by atomic mass is 127. The standard InChI is InChI=1S/C19H21ClF3N5O.HI/c1-24-19(26-10-12-9-13(20)4-5-16(12)29-18(22)23)27-14-6-8-28(11-14)17-15(21)3-2-7-25-17;/h2-5,7,9,14,18H,6,8,10-11H2,1H3,(H2,24,26,27);1H. The first-order valence-electron chi connectivity index (χ1n) is 9.02. The minimum Gasteiger partial charge on any atom is -0.434 e. The highest BCUT2D eigenvalue weighted by Gasteiger charge is 2.26. The van der Waals surface area contributed by atoms with Gasteiger partial charge >= 0.3 is 6.61 Å². The fraction of sp³-hybridized carbons (Fsp3) is 0.368. The summed E-state index contributed by atoms with van der Waals surface area (Å²) in [7, 11) is 1.61. The molecular weight excluding hydrogens is 534 g/mol. The Morgan fingerprint density at radius 1 is 1.40 bits per heavy atom. The molecule has 1 aliphatic rings. The second-order valence-corrected chi connectivity index (χ2v) is 6.88. The molecule has 0 spiro atoms. The van der Waals surface area contributed by atoms with Crippen LogP contribution in [0.5, 0.6) is 5.75 Å². The van der Waals surface area contributed by atoms with Gasteiger partial charge in [-0.2, -0.15) is 8.78 Å². The number of halogens is 5. The Kier molecular flexibility index (Phi) is 9.28. The first kappa shape index (κ1) is 24.3. The number of hydrogen-bond donors (Lipinski definition) is 2. The van der Waals surface area contributed by atoms with E-state index in [1.807, 2.05) is 4.90 Å². The minimum absolute atomic E-state index is 0. The lowest BCUT2D eigenvalue weighted by Crippen LogP contribution is -2.44. The zero-order valence-corrected chi connectivity index (χ0v) is 19.2. The van der Waals surface area contributed by atoms with Crippen LogP contribution in [0.15, 0.2) is 41.5 Å². The van der Waals surface area contributed by atoms with Gasteiger partial charge in [0.05, 0.1) is 0 Å². The number of hydrogen-bond acceptors (Lipinski definition) is 4. The molecule has 0 amide bonds. The fourth-order valence-corrected chi connectivity index (χ4v) is 3.34. The van der Waals surface area contributed by atoms with Gasteiger partial charge in [-0.15, -0.1) is 24.0 Å². The van der Waals surface area contributed by atoms with E-state index in [9.17, 15) is 13.2 Å². The topological polar surface area (TPSA) is 61.8 Å².